The highest BCUT2D eigenvalue weighted by Crippen LogP contribution is 2.10. The van der Waals surface area contributed by atoms with Crippen LogP contribution in [0.3, 0.4) is 0 Å². The van der Waals surface area contributed by atoms with Crippen molar-refractivity contribution >= 4 is 0 Å². The summed E-state index contributed by atoms with van der Waals surface area (Å²) in [5.74, 6) is 0. The maximum atomic E-state index is 9.42. The lowest BCUT2D eigenvalue weighted by Gasteiger charge is -2.18. The second kappa shape index (κ2) is 4.40. The highest BCUT2D eigenvalue weighted by molar-refractivity contribution is 5.24. The SMILES string of the molecule is OC1C=C(Cc2ccccc2)CNC1. The zero-order chi connectivity index (χ0) is 9.80. The number of β-amino-alcohol motifs (C(OH)–C–C–N with tert-alkyl or cyclic N) is 1. The monoisotopic (exact) mass is 189 g/mol. The molecule has 0 saturated carbocycles. The van der Waals surface area contributed by atoms with Crippen molar-refractivity contribution in [1.82, 2.24) is 5.32 Å². The van der Waals surface area contributed by atoms with Gasteiger partial charge in [-0.2, -0.15) is 0 Å². The smallest absolute Gasteiger partial charge is 0.0848 e. The quantitative estimate of drug-likeness (QED) is 0.683. The first kappa shape index (κ1) is 9.44. The third-order valence-electron chi connectivity index (χ3n) is 2.41. The third-order valence-corrected chi connectivity index (χ3v) is 2.41. The Balaban J connectivity index is 2.04. The van der Waals surface area contributed by atoms with Gasteiger partial charge in [-0.1, -0.05) is 42.0 Å². The summed E-state index contributed by atoms with van der Waals surface area (Å²) in [5, 5.41) is 12.6. The zero-order valence-corrected chi connectivity index (χ0v) is 8.11. The van der Waals surface area contributed by atoms with Gasteiger partial charge in [-0.15, -0.1) is 0 Å². The molecule has 1 atom stereocenters. The number of aliphatic hydroxyl groups excluding tert-OH is 1. The molecule has 0 amide bonds. The van der Waals surface area contributed by atoms with Gasteiger partial charge >= 0.3 is 0 Å². The molecule has 1 aromatic carbocycles. The normalized spacial score (nSPS) is 21.8. The second-order valence-electron chi connectivity index (χ2n) is 3.69. The van der Waals surface area contributed by atoms with E-state index in [1.807, 2.05) is 24.3 Å². The van der Waals surface area contributed by atoms with Gasteiger partial charge in [-0.05, 0) is 12.0 Å². The molecule has 14 heavy (non-hydrogen) atoms. The van der Waals surface area contributed by atoms with E-state index in [0.29, 0.717) is 6.54 Å². The molecule has 74 valence electrons. The number of hydrogen-bond acceptors (Lipinski definition) is 2. The molecule has 0 saturated heterocycles. The van der Waals surface area contributed by atoms with Gasteiger partial charge in [0.05, 0.1) is 6.10 Å². The summed E-state index contributed by atoms with van der Waals surface area (Å²) < 4.78 is 0. The van der Waals surface area contributed by atoms with Crippen LogP contribution in [0.25, 0.3) is 0 Å². The lowest BCUT2D eigenvalue weighted by atomic mass is 10.0. The Hall–Kier alpha value is -1.12. The van der Waals surface area contributed by atoms with Gasteiger partial charge in [0.2, 0.25) is 0 Å². The minimum atomic E-state index is -0.317. The molecule has 1 heterocycles. The van der Waals surface area contributed by atoms with E-state index < -0.39 is 0 Å². The Morgan fingerprint density at radius 2 is 2.07 bits per heavy atom. The summed E-state index contributed by atoms with van der Waals surface area (Å²) in [5.41, 5.74) is 2.57. The molecule has 0 aliphatic carbocycles. The fourth-order valence-electron chi connectivity index (χ4n) is 1.75. The summed E-state index contributed by atoms with van der Waals surface area (Å²) in [7, 11) is 0. The molecule has 0 fully saturated rings. The van der Waals surface area contributed by atoms with E-state index in [1.165, 1.54) is 11.1 Å². The predicted octanol–water partition coefficient (Wildman–Crippen LogP) is 1.12. The van der Waals surface area contributed by atoms with Crippen LogP contribution in [0.1, 0.15) is 5.56 Å². The molecule has 1 aromatic rings. The molecular weight excluding hydrogens is 174 g/mol. The van der Waals surface area contributed by atoms with E-state index in [1.54, 1.807) is 0 Å². The molecule has 1 aliphatic heterocycles. The topological polar surface area (TPSA) is 32.3 Å². The van der Waals surface area contributed by atoms with E-state index in [2.05, 4.69) is 17.4 Å². The van der Waals surface area contributed by atoms with Crippen molar-refractivity contribution in [3.63, 3.8) is 0 Å². The predicted molar refractivity (Wildman–Crippen MR) is 57.1 cm³/mol. The lowest BCUT2D eigenvalue weighted by molar-refractivity contribution is 0.213. The average Bonchev–Trinajstić information content (AvgIpc) is 2.19. The minimum Gasteiger partial charge on any atom is -0.388 e. The number of nitrogens with one attached hydrogen (secondary N) is 1. The molecule has 1 aliphatic rings. The third kappa shape index (κ3) is 2.44. The van der Waals surface area contributed by atoms with Crippen LogP contribution in [0, 0.1) is 0 Å². The number of rotatable bonds is 2. The van der Waals surface area contributed by atoms with Gasteiger partial charge < -0.3 is 10.4 Å². The summed E-state index contributed by atoms with van der Waals surface area (Å²) in [4.78, 5) is 0. The first-order chi connectivity index (χ1) is 6.84. The second-order valence-corrected chi connectivity index (χ2v) is 3.69. The Morgan fingerprint density at radius 3 is 2.79 bits per heavy atom. The van der Waals surface area contributed by atoms with Crippen molar-refractivity contribution in [1.29, 1.82) is 0 Å². The molecule has 0 spiro atoms. The maximum Gasteiger partial charge on any atom is 0.0848 e. The van der Waals surface area contributed by atoms with Crippen molar-refractivity contribution in [3.8, 4) is 0 Å². The molecule has 2 N–H and O–H groups in total. The van der Waals surface area contributed by atoms with Crippen molar-refractivity contribution in [3.05, 3.63) is 47.5 Å². The van der Waals surface area contributed by atoms with Crippen LogP contribution in [0.4, 0.5) is 0 Å². The standard InChI is InChI=1S/C12H15NO/c14-12-7-11(8-13-9-12)6-10-4-2-1-3-5-10/h1-5,7,12-14H,6,8-9H2. The first-order valence-corrected chi connectivity index (χ1v) is 4.97. The highest BCUT2D eigenvalue weighted by atomic mass is 16.3. The van der Waals surface area contributed by atoms with Crippen LogP contribution < -0.4 is 5.32 Å². The Bertz CT molecular complexity index is 318. The van der Waals surface area contributed by atoms with E-state index >= 15 is 0 Å². The molecule has 2 heteroatoms. The van der Waals surface area contributed by atoms with Crippen LogP contribution in [0.5, 0.6) is 0 Å². The van der Waals surface area contributed by atoms with Gasteiger partial charge in [0.15, 0.2) is 0 Å². The molecule has 2 nitrogen and oxygen atoms in total. The first-order valence-electron chi connectivity index (χ1n) is 4.97. The van der Waals surface area contributed by atoms with Crippen molar-refractivity contribution in [2.75, 3.05) is 13.1 Å². The summed E-state index contributed by atoms with van der Waals surface area (Å²) in [6.45, 7) is 1.57. The van der Waals surface area contributed by atoms with Gasteiger partial charge in [0.1, 0.15) is 0 Å². The van der Waals surface area contributed by atoms with Crippen molar-refractivity contribution in [2.24, 2.45) is 0 Å². The van der Waals surface area contributed by atoms with Crippen LogP contribution in [0.2, 0.25) is 0 Å². The fraction of sp³-hybridized carbons (Fsp3) is 0.333. The zero-order valence-electron chi connectivity index (χ0n) is 8.11. The molecule has 1 unspecified atom stereocenters. The number of hydrogen-bond donors (Lipinski definition) is 2. The van der Waals surface area contributed by atoms with Crippen LogP contribution in [0.15, 0.2) is 42.0 Å². The maximum absolute atomic E-state index is 9.42. The lowest BCUT2D eigenvalue weighted by Crippen LogP contribution is -2.32. The number of benzene rings is 1. The minimum absolute atomic E-state index is 0.317. The van der Waals surface area contributed by atoms with E-state index in [0.717, 1.165) is 13.0 Å². The summed E-state index contributed by atoms with van der Waals surface area (Å²) in [6.07, 6.45) is 2.58. The number of aliphatic hydroxyl groups is 1. The summed E-state index contributed by atoms with van der Waals surface area (Å²) in [6, 6.07) is 10.3. The molecule has 2 rings (SSSR count). The van der Waals surface area contributed by atoms with E-state index in [-0.39, 0.29) is 6.10 Å². The van der Waals surface area contributed by atoms with Crippen LogP contribution in [-0.2, 0) is 6.42 Å². The molecule has 0 bridgehead atoms. The van der Waals surface area contributed by atoms with E-state index in [4.69, 9.17) is 0 Å². The molecule has 0 radical (unpaired) electrons. The Morgan fingerprint density at radius 1 is 1.29 bits per heavy atom. The van der Waals surface area contributed by atoms with E-state index in [9.17, 15) is 5.11 Å². The Kier molecular flexibility index (Phi) is 2.96. The largest absolute Gasteiger partial charge is 0.388 e. The van der Waals surface area contributed by atoms with Gasteiger partial charge in [0.25, 0.3) is 0 Å². The average molecular weight is 189 g/mol. The van der Waals surface area contributed by atoms with Gasteiger partial charge in [-0.3, -0.25) is 0 Å². The van der Waals surface area contributed by atoms with Crippen molar-refractivity contribution < 1.29 is 5.11 Å². The fourth-order valence-corrected chi connectivity index (χ4v) is 1.75. The highest BCUT2D eigenvalue weighted by Gasteiger charge is 2.09. The summed E-state index contributed by atoms with van der Waals surface area (Å²) >= 11 is 0. The van der Waals surface area contributed by atoms with Gasteiger partial charge in [-0.25, -0.2) is 0 Å². The molecular formula is C12H15NO. The van der Waals surface area contributed by atoms with Crippen molar-refractivity contribution in [2.45, 2.75) is 12.5 Å². The van der Waals surface area contributed by atoms with Crippen LogP contribution in [-0.4, -0.2) is 24.3 Å². The molecule has 0 aromatic heterocycles. The Labute approximate surface area is 84.3 Å². The van der Waals surface area contributed by atoms with Gasteiger partial charge in [0, 0.05) is 13.1 Å². The van der Waals surface area contributed by atoms with Crippen LogP contribution >= 0.6 is 0 Å².